The summed E-state index contributed by atoms with van der Waals surface area (Å²) in [6, 6.07) is 0. The predicted octanol–water partition coefficient (Wildman–Crippen LogP) is 1.41. The molecule has 0 aromatic rings. The Morgan fingerprint density at radius 2 is 2.00 bits per heavy atom. The van der Waals surface area contributed by atoms with Gasteiger partial charge < -0.3 is 19.9 Å². The third kappa shape index (κ3) is 6.82. The van der Waals surface area contributed by atoms with Crippen LogP contribution < -0.4 is 5.32 Å². The van der Waals surface area contributed by atoms with E-state index < -0.39 is 0 Å². The Labute approximate surface area is 157 Å². The Bertz CT molecular complexity index is 390. The van der Waals surface area contributed by atoms with Gasteiger partial charge in [0, 0.05) is 46.3 Å². The SMILES string of the molecule is CC1CCN(C(=NCC(=O)N(C)C)NCC2CCOC2)CC1.I. The van der Waals surface area contributed by atoms with Gasteiger partial charge in [0.25, 0.3) is 0 Å². The largest absolute Gasteiger partial charge is 0.381 e. The number of rotatable bonds is 4. The number of aliphatic imine (C=N–C) groups is 1. The third-order valence-corrected chi connectivity index (χ3v) is 4.52. The molecule has 6 nitrogen and oxygen atoms in total. The molecule has 1 amide bonds. The van der Waals surface area contributed by atoms with Crippen LogP contribution in [0.3, 0.4) is 0 Å². The lowest BCUT2D eigenvalue weighted by Gasteiger charge is -2.33. The second-order valence-electron chi connectivity index (χ2n) is 6.71. The molecular weight excluding hydrogens is 407 g/mol. The number of guanidine groups is 1. The molecule has 2 aliphatic heterocycles. The van der Waals surface area contributed by atoms with Crippen molar-refractivity contribution in [3.63, 3.8) is 0 Å². The van der Waals surface area contributed by atoms with Crippen LogP contribution in [-0.2, 0) is 9.53 Å². The van der Waals surface area contributed by atoms with Crippen molar-refractivity contribution in [3.8, 4) is 0 Å². The lowest BCUT2D eigenvalue weighted by atomic mass is 9.99. The zero-order valence-corrected chi connectivity index (χ0v) is 16.9. The summed E-state index contributed by atoms with van der Waals surface area (Å²) in [6.07, 6.45) is 3.48. The Balaban J connectivity index is 0.00000264. The highest BCUT2D eigenvalue weighted by Gasteiger charge is 2.21. The molecule has 0 saturated carbocycles. The minimum absolute atomic E-state index is 0. The summed E-state index contributed by atoms with van der Waals surface area (Å²) in [5, 5.41) is 3.47. The van der Waals surface area contributed by atoms with E-state index in [4.69, 9.17) is 4.74 Å². The molecular formula is C16H31IN4O2. The number of hydrogen-bond donors (Lipinski definition) is 1. The number of piperidine rings is 1. The van der Waals surface area contributed by atoms with Crippen LogP contribution in [0.15, 0.2) is 4.99 Å². The van der Waals surface area contributed by atoms with Crippen molar-refractivity contribution in [2.24, 2.45) is 16.8 Å². The minimum atomic E-state index is 0. The first kappa shape index (κ1) is 20.5. The number of halogens is 1. The van der Waals surface area contributed by atoms with Gasteiger partial charge in [0.2, 0.25) is 5.91 Å². The van der Waals surface area contributed by atoms with Crippen molar-refractivity contribution in [1.82, 2.24) is 15.1 Å². The Hall–Kier alpha value is -0.570. The number of nitrogens with one attached hydrogen (secondary N) is 1. The highest BCUT2D eigenvalue weighted by Crippen LogP contribution is 2.16. The van der Waals surface area contributed by atoms with Crippen LogP contribution >= 0.6 is 24.0 Å². The van der Waals surface area contributed by atoms with Gasteiger partial charge in [0.1, 0.15) is 6.54 Å². The number of likely N-dealkylation sites (N-methyl/N-ethyl adjacent to an activating group) is 1. The van der Waals surface area contributed by atoms with Gasteiger partial charge >= 0.3 is 0 Å². The van der Waals surface area contributed by atoms with E-state index in [0.29, 0.717) is 5.92 Å². The highest BCUT2D eigenvalue weighted by molar-refractivity contribution is 14.0. The summed E-state index contributed by atoms with van der Waals surface area (Å²) in [5.41, 5.74) is 0. The van der Waals surface area contributed by atoms with Crippen molar-refractivity contribution >= 4 is 35.8 Å². The van der Waals surface area contributed by atoms with Gasteiger partial charge in [-0.1, -0.05) is 6.92 Å². The molecule has 0 bridgehead atoms. The fourth-order valence-electron chi connectivity index (χ4n) is 2.75. The lowest BCUT2D eigenvalue weighted by molar-refractivity contribution is -0.127. The molecule has 134 valence electrons. The van der Waals surface area contributed by atoms with E-state index in [-0.39, 0.29) is 36.4 Å². The third-order valence-electron chi connectivity index (χ3n) is 4.52. The van der Waals surface area contributed by atoms with Crippen LogP contribution in [0.2, 0.25) is 0 Å². The number of amides is 1. The Morgan fingerprint density at radius 1 is 1.30 bits per heavy atom. The number of carbonyl (C=O) groups excluding carboxylic acids is 1. The Kier molecular flexibility index (Phi) is 9.19. The van der Waals surface area contributed by atoms with Crippen LogP contribution in [0.25, 0.3) is 0 Å². The second-order valence-corrected chi connectivity index (χ2v) is 6.71. The van der Waals surface area contributed by atoms with E-state index in [9.17, 15) is 4.79 Å². The molecule has 2 rings (SSSR count). The van der Waals surface area contributed by atoms with Crippen LogP contribution in [0, 0.1) is 11.8 Å². The molecule has 7 heteroatoms. The number of ether oxygens (including phenoxy) is 1. The number of carbonyl (C=O) groups is 1. The van der Waals surface area contributed by atoms with Crippen LogP contribution in [0.1, 0.15) is 26.2 Å². The molecule has 2 saturated heterocycles. The van der Waals surface area contributed by atoms with E-state index in [1.165, 1.54) is 12.8 Å². The van der Waals surface area contributed by atoms with Gasteiger partial charge in [-0.2, -0.15) is 0 Å². The molecule has 2 aliphatic rings. The van der Waals surface area contributed by atoms with Crippen LogP contribution in [-0.4, -0.2) is 75.2 Å². The maximum atomic E-state index is 11.8. The average Bonchev–Trinajstić information content (AvgIpc) is 3.01. The standard InChI is InChI=1S/C16H30N4O2.HI/c1-13-4-7-20(8-5-13)16(18-11-15(21)19(2)3)17-10-14-6-9-22-12-14;/h13-14H,4-12H2,1-3H3,(H,17,18);1H. The summed E-state index contributed by atoms with van der Waals surface area (Å²) in [7, 11) is 3.53. The van der Waals surface area contributed by atoms with Crippen LogP contribution in [0.5, 0.6) is 0 Å². The van der Waals surface area contributed by atoms with E-state index >= 15 is 0 Å². The first-order chi connectivity index (χ1) is 10.6. The molecule has 0 aliphatic carbocycles. The Morgan fingerprint density at radius 3 is 2.57 bits per heavy atom. The molecule has 0 aromatic carbocycles. The molecule has 1 unspecified atom stereocenters. The molecule has 1 N–H and O–H groups in total. The number of likely N-dealkylation sites (tertiary alicyclic amines) is 1. The quantitative estimate of drug-likeness (QED) is 0.410. The maximum Gasteiger partial charge on any atom is 0.243 e. The summed E-state index contributed by atoms with van der Waals surface area (Å²) in [5.74, 6) is 2.26. The molecule has 2 fully saturated rings. The molecule has 1 atom stereocenters. The average molecular weight is 438 g/mol. The smallest absolute Gasteiger partial charge is 0.243 e. The summed E-state index contributed by atoms with van der Waals surface area (Å²) in [4.78, 5) is 20.2. The molecule has 0 aromatic heterocycles. The lowest BCUT2D eigenvalue weighted by Crippen LogP contribution is -2.47. The fraction of sp³-hybridized carbons (Fsp3) is 0.875. The van der Waals surface area contributed by atoms with Gasteiger partial charge in [-0.05, 0) is 25.2 Å². The van der Waals surface area contributed by atoms with Crippen molar-refractivity contribution < 1.29 is 9.53 Å². The molecule has 23 heavy (non-hydrogen) atoms. The van der Waals surface area contributed by atoms with E-state index in [2.05, 4.69) is 22.1 Å². The number of hydrogen-bond acceptors (Lipinski definition) is 3. The topological polar surface area (TPSA) is 57.2 Å². The zero-order chi connectivity index (χ0) is 15.9. The normalized spacial score (nSPS) is 22.7. The second kappa shape index (κ2) is 10.3. The van der Waals surface area contributed by atoms with Gasteiger partial charge in [-0.3, -0.25) is 4.79 Å². The van der Waals surface area contributed by atoms with Gasteiger partial charge in [-0.15, -0.1) is 24.0 Å². The molecule has 0 spiro atoms. The van der Waals surface area contributed by atoms with Gasteiger partial charge in [-0.25, -0.2) is 4.99 Å². The van der Waals surface area contributed by atoms with Gasteiger partial charge in [0.05, 0.1) is 6.61 Å². The molecule has 2 heterocycles. The predicted molar refractivity (Wildman–Crippen MR) is 103 cm³/mol. The van der Waals surface area contributed by atoms with Crippen LogP contribution in [0.4, 0.5) is 0 Å². The van der Waals surface area contributed by atoms with Gasteiger partial charge in [0.15, 0.2) is 5.96 Å². The van der Waals surface area contributed by atoms with Crippen molar-refractivity contribution in [2.45, 2.75) is 26.2 Å². The summed E-state index contributed by atoms with van der Waals surface area (Å²) >= 11 is 0. The first-order valence-corrected chi connectivity index (χ1v) is 8.37. The monoisotopic (exact) mass is 438 g/mol. The van der Waals surface area contributed by atoms with E-state index in [1.54, 1.807) is 19.0 Å². The molecule has 0 radical (unpaired) electrons. The van der Waals surface area contributed by atoms with Crippen molar-refractivity contribution in [2.75, 3.05) is 53.5 Å². The summed E-state index contributed by atoms with van der Waals surface area (Å²) in [6.45, 7) is 7.11. The minimum Gasteiger partial charge on any atom is -0.381 e. The van der Waals surface area contributed by atoms with Crippen molar-refractivity contribution in [1.29, 1.82) is 0 Å². The maximum absolute atomic E-state index is 11.8. The highest BCUT2D eigenvalue weighted by atomic mass is 127. The first-order valence-electron chi connectivity index (χ1n) is 8.37. The number of nitrogens with zero attached hydrogens (tertiary/aromatic N) is 3. The fourth-order valence-corrected chi connectivity index (χ4v) is 2.75. The summed E-state index contributed by atoms with van der Waals surface area (Å²) < 4.78 is 5.42. The van der Waals surface area contributed by atoms with E-state index in [1.807, 2.05) is 0 Å². The van der Waals surface area contributed by atoms with Crippen molar-refractivity contribution in [3.05, 3.63) is 0 Å². The van der Waals surface area contributed by atoms with E-state index in [0.717, 1.165) is 51.1 Å². The zero-order valence-electron chi connectivity index (χ0n) is 14.6.